The van der Waals surface area contributed by atoms with Gasteiger partial charge in [0.05, 0.1) is 5.60 Å². The summed E-state index contributed by atoms with van der Waals surface area (Å²) in [6.07, 6.45) is 4.33. The van der Waals surface area contributed by atoms with Crippen molar-refractivity contribution < 1.29 is 23.8 Å². The molecular formula is C24H23NO5. The first-order valence-electron chi connectivity index (χ1n) is 10.5. The van der Waals surface area contributed by atoms with Crippen LogP contribution in [0.1, 0.15) is 36.7 Å². The van der Waals surface area contributed by atoms with Crippen molar-refractivity contribution in [2.24, 2.45) is 11.8 Å². The van der Waals surface area contributed by atoms with Crippen LogP contribution in [0.3, 0.4) is 0 Å². The number of fused-ring (bicyclic) bond motifs is 2. The van der Waals surface area contributed by atoms with Gasteiger partial charge in [-0.15, -0.1) is 0 Å². The fraction of sp³-hybridized carbons (Fsp3) is 0.417. The molecular weight excluding hydrogens is 382 g/mol. The highest BCUT2D eigenvalue weighted by atomic mass is 16.7. The van der Waals surface area contributed by atoms with Crippen molar-refractivity contribution >= 4 is 22.8 Å². The van der Waals surface area contributed by atoms with Crippen molar-refractivity contribution in [3.8, 4) is 0 Å². The number of hydrogen-bond donors (Lipinski definition) is 1. The van der Waals surface area contributed by atoms with Gasteiger partial charge < -0.3 is 19.2 Å². The number of hydrogen-bond acceptors (Lipinski definition) is 5. The second kappa shape index (κ2) is 5.85. The van der Waals surface area contributed by atoms with E-state index in [1.807, 2.05) is 30.3 Å². The van der Waals surface area contributed by atoms with E-state index in [1.54, 1.807) is 0 Å². The van der Waals surface area contributed by atoms with Gasteiger partial charge in [0.1, 0.15) is 24.0 Å². The summed E-state index contributed by atoms with van der Waals surface area (Å²) in [4.78, 5) is 27.9. The van der Waals surface area contributed by atoms with Gasteiger partial charge in [-0.25, -0.2) is 9.59 Å². The Labute approximate surface area is 173 Å². The Balaban J connectivity index is 1.24. The maximum absolute atomic E-state index is 12.7. The molecule has 2 aromatic rings. The number of aromatic nitrogens is 1. The zero-order chi connectivity index (χ0) is 20.7. The summed E-state index contributed by atoms with van der Waals surface area (Å²) >= 11 is 0. The van der Waals surface area contributed by atoms with Gasteiger partial charge in [0, 0.05) is 28.3 Å². The summed E-state index contributed by atoms with van der Waals surface area (Å²) in [5, 5.41) is 0.975. The van der Waals surface area contributed by atoms with Gasteiger partial charge in [0.25, 0.3) is 0 Å². The molecule has 2 aliphatic heterocycles. The quantitative estimate of drug-likeness (QED) is 0.365. The molecule has 1 spiro atoms. The van der Waals surface area contributed by atoms with Crippen LogP contribution in [-0.4, -0.2) is 40.8 Å². The standard InChI is InChI=1S/C24H23NO5/c1-13-16-11-17-15(7-5-9-23(2)24(17,30-23)20(16)29-21(13)26)12-28-22(27)19-10-14-6-3-4-8-18(14)25-19/h3-4,6-8,10,16-17,20,25H,1,5,9,11-12H2,2H3/t16-,17?,20-,23+,24-/m0/s1. The Hall–Kier alpha value is -2.86. The molecule has 3 fully saturated rings. The summed E-state index contributed by atoms with van der Waals surface area (Å²) in [5.41, 5.74) is 2.10. The van der Waals surface area contributed by atoms with Gasteiger partial charge in [-0.05, 0) is 43.9 Å². The van der Waals surface area contributed by atoms with Gasteiger partial charge >= 0.3 is 11.9 Å². The first kappa shape index (κ1) is 18.0. The molecule has 1 N–H and O–H groups in total. The number of H-pyrrole nitrogens is 1. The number of epoxide rings is 1. The van der Waals surface area contributed by atoms with Crippen LogP contribution in [0, 0.1) is 11.8 Å². The van der Waals surface area contributed by atoms with E-state index in [1.165, 1.54) is 0 Å². The Morgan fingerprint density at radius 1 is 1.37 bits per heavy atom. The average molecular weight is 405 g/mol. The van der Waals surface area contributed by atoms with Gasteiger partial charge in [0.15, 0.2) is 0 Å². The Morgan fingerprint density at radius 2 is 2.20 bits per heavy atom. The van der Waals surface area contributed by atoms with Crippen LogP contribution in [0.5, 0.6) is 0 Å². The largest absolute Gasteiger partial charge is 0.456 e. The van der Waals surface area contributed by atoms with Crippen LogP contribution in [-0.2, 0) is 19.0 Å². The number of carbonyl (C=O) groups excluding carboxylic acids is 2. The van der Waals surface area contributed by atoms with Crippen molar-refractivity contribution in [2.75, 3.05) is 6.61 Å². The lowest BCUT2D eigenvalue weighted by atomic mass is 9.80. The topological polar surface area (TPSA) is 80.9 Å². The number of ether oxygens (including phenoxy) is 3. The van der Waals surface area contributed by atoms with Gasteiger partial charge in [-0.1, -0.05) is 30.9 Å². The van der Waals surface area contributed by atoms with E-state index in [2.05, 4.69) is 24.6 Å². The van der Waals surface area contributed by atoms with E-state index in [0.29, 0.717) is 11.3 Å². The number of rotatable bonds is 3. The van der Waals surface area contributed by atoms with E-state index < -0.39 is 5.60 Å². The fourth-order valence-electron chi connectivity index (χ4n) is 5.95. The number of nitrogens with one attached hydrogen (secondary N) is 1. The van der Waals surface area contributed by atoms with E-state index in [-0.39, 0.29) is 42.1 Å². The molecule has 0 bridgehead atoms. The van der Waals surface area contributed by atoms with Crippen LogP contribution < -0.4 is 0 Å². The minimum atomic E-state index is -0.525. The molecule has 2 saturated heterocycles. The fourth-order valence-corrected chi connectivity index (χ4v) is 5.95. The Kier molecular flexibility index (Phi) is 3.50. The van der Waals surface area contributed by atoms with E-state index >= 15 is 0 Å². The minimum absolute atomic E-state index is 0.0322. The molecule has 5 atom stereocenters. The van der Waals surface area contributed by atoms with E-state index in [9.17, 15) is 9.59 Å². The highest BCUT2D eigenvalue weighted by Crippen LogP contribution is 2.69. The highest BCUT2D eigenvalue weighted by Gasteiger charge is 2.81. The number of carbonyl (C=O) groups is 2. The number of aromatic amines is 1. The monoisotopic (exact) mass is 405 g/mol. The second-order valence-corrected chi connectivity index (χ2v) is 9.04. The van der Waals surface area contributed by atoms with Crippen molar-refractivity contribution in [1.82, 2.24) is 4.98 Å². The summed E-state index contributed by atoms with van der Waals surface area (Å²) in [7, 11) is 0. The Bertz CT molecular complexity index is 1110. The summed E-state index contributed by atoms with van der Waals surface area (Å²) in [6, 6.07) is 9.56. The maximum Gasteiger partial charge on any atom is 0.355 e. The third-order valence-electron chi connectivity index (χ3n) is 7.51. The van der Waals surface area contributed by atoms with Crippen molar-refractivity contribution in [2.45, 2.75) is 43.5 Å². The third kappa shape index (κ3) is 2.23. The molecule has 1 aromatic carbocycles. The SMILES string of the molecule is C=C1C(=O)O[C@H]2[C@H]1CC1C(COC(=O)c3cc4ccccc4[nH]3)=CCC[C@@]3(C)O[C@@]123. The summed E-state index contributed by atoms with van der Waals surface area (Å²) < 4.78 is 17.7. The molecule has 1 aromatic heterocycles. The molecule has 1 saturated carbocycles. The molecule has 3 heterocycles. The number of allylic oxidation sites excluding steroid dienone is 1. The van der Waals surface area contributed by atoms with E-state index in [0.717, 1.165) is 35.7 Å². The number of para-hydroxylation sites is 1. The molecule has 30 heavy (non-hydrogen) atoms. The highest BCUT2D eigenvalue weighted by molar-refractivity contribution is 5.95. The first-order valence-corrected chi connectivity index (χ1v) is 10.5. The summed E-state index contributed by atoms with van der Waals surface area (Å²) in [6.45, 7) is 6.26. The predicted molar refractivity (Wildman–Crippen MR) is 109 cm³/mol. The number of esters is 2. The van der Waals surface area contributed by atoms with Crippen molar-refractivity contribution in [1.29, 1.82) is 0 Å². The number of benzene rings is 1. The first-order chi connectivity index (χ1) is 14.4. The molecule has 154 valence electrons. The smallest absolute Gasteiger partial charge is 0.355 e. The molecule has 2 aliphatic carbocycles. The third-order valence-corrected chi connectivity index (χ3v) is 7.51. The van der Waals surface area contributed by atoms with Crippen LogP contribution in [0.15, 0.2) is 54.1 Å². The second-order valence-electron chi connectivity index (χ2n) is 9.04. The summed E-state index contributed by atoms with van der Waals surface area (Å²) in [5.74, 6) is -0.662. The predicted octanol–water partition coefficient (Wildman–Crippen LogP) is 3.69. The molecule has 4 aliphatic rings. The van der Waals surface area contributed by atoms with Crippen LogP contribution in [0.25, 0.3) is 10.9 Å². The molecule has 6 heteroatoms. The molecule has 1 unspecified atom stereocenters. The zero-order valence-electron chi connectivity index (χ0n) is 16.8. The zero-order valence-corrected chi connectivity index (χ0v) is 16.8. The van der Waals surface area contributed by atoms with Gasteiger partial charge in [-0.2, -0.15) is 0 Å². The van der Waals surface area contributed by atoms with Gasteiger partial charge in [-0.3, -0.25) is 0 Å². The lowest BCUT2D eigenvalue weighted by Gasteiger charge is -2.24. The van der Waals surface area contributed by atoms with Crippen LogP contribution >= 0.6 is 0 Å². The van der Waals surface area contributed by atoms with E-state index in [4.69, 9.17) is 14.2 Å². The van der Waals surface area contributed by atoms with Crippen LogP contribution in [0.4, 0.5) is 0 Å². The van der Waals surface area contributed by atoms with Crippen molar-refractivity contribution in [3.05, 3.63) is 59.8 Å². The van der Waals surface area contributed by atoms with Crippen molar-refractivity contribution in [3.63, 3.8) is 0 Å². The van der Waals surface area contributed by atoms with Crippen LogP contribution in [0.2, 0.25) is 0 Å². The molecule has 6 nitrogen and oxygen atoms in total. The molecule has 6 rings (SSSR count). The Morgan fingerprint density at radius 3 is 3.03 bits per heavy atom. The lowest BCUT2D eigenvalue weighted by Crippen LogP contribution is -2.39. The normalized spacial score (nSPS) is 36.4. The molecule has 0 amide bonds. The minimum Gasteiger partial charge on any atom is -0.456 e. The van der Waals surface area contributed by atoms with Gasteiger partial charge in [0.2, 0.25) is 0 Å². The lowest BCUT2D eigenvalue weighted by molar-refractivity contribution is -0.141. The average Bonchev–Trinajstić information content (AvgIpc) is 3.00. The maximum atomic E-state index is 12.7. The molecule has 0 radical (unpaired) electrons.